The van der Waals surface area contributed by atoms with E-state index >= 15 is 0 Å². The van der Waals surface area contributed by atoms with Crippen LogP contribution in [-0.4, -0.2) is 49.5 Å². The summed E-state index contributed by atoms with van der Waals surface area (Å²) in [6.07, 6.45) is 3.65. The Hall–Kier alpha value is -1.79. The summed E-state index contributed by atoms with van der Waals surface area (Å²) in [4.78, 5) is 28.9. The van der Waals surface area contributed by atoms with Crippen LogP contribution < -0.4 is 5.32 Å². The minimum Gasteiger partial charge on any atom is -0.470 e. The molecule has 0 aromatic rings. The van der Waals surface area contributed by atoms with Crippen LogP contribution in [0, 0.1) is 0 Å². The molecule has 0 aliphatic carbocycles. The Morgan fingerprint density at radius 3 is 2.95 bits per heavy atom. The third-order valence-corrected chi connectivity index (χ3v) is 2.77. The molecule has 0 unspecified atom stereocenters. The Morgan fingerprint density at radius 2 is 2.26 bits per heavy atom. The zero-order valence-electron chi connectivity index (χ0n) is 11.5. The minimum absolute atomic E-state index is 0.162. The van der Waals surface area contributed by atoms with E-state index < -0.39 is 6.09 Å². The number of carbonyl (C=O) groups excluding carboxylic acids is 2. The molecule has 0 radical (unpaired) electrons. The molecule has 108 valence electrons. The summed E-state index contributed by atoms with van der Waals surface area (Å²) in [7, 11) is 1.41. The molecular weight excluding hydrogens is 250 g/mol. The van der Waals surface area contributed by atoms with Crippen molar-refractivity contribution < 1.29 is 19.2 Å². The predicted molar refractivity (Wildman–Crippen MR) is 69.6 cm³/mol. The van der Waals surface area contributed by atoms with Crippen LogP contribution in [0.4, 0.5) is 4.79 Å². The molecule has 0 aromatic heterocycles. The van der Waals surface area contributed by atoms with Crippen molar-refractivity contribution in [1.82, 2.24) is 10.2 Å². The molecule has 1 heterocycles. The van der Waals surface area contributed by atoms with Crippen LogP contribution in [0.25, 0.3) is 0 Å². The Kier molecular flexibility index (Phi) is 6.70. The van der Waals surface area contributed by atoms with Gasteiger partial charge in [-0.05, 0) is 11.6 Å². The van der Waals surface area contributed by atoms with Crippen LogP contribution >= 0.6 is 0 Å². The highest BCUT2D eigenvalue weighted by Crippen LogP contribution is 2.06. The molecule has 0 bridgehead atoms. The van der Waals surface area contributed by atoms with E-state index in [-0.39, 0.29) is 11.8 Å². The average molecular weight is 271 g/mol. The molecule has 19 heavy (non-hydrogen) atoms. The molecule has 7 nitrogen and oxygen atoms in total. The van der Waals surface area contributed by atoms with E-state index in [1.54, 1.807) is 4.90 Å². The smallest absolute Gasteiger partial charge is 0.433 e. The van der Waals surface area contributed by atoms with Gasteiger partial charge in [-0.3, -0.25) is 9.63 Å². The monoisotopic (exact) mass is 271 g/mol. The molecule has 0 saturated carbocycles. The van der Waals surface area contributed by atoms with Crippen LogP contribution in [0.2, 0.25) is 0 Å². The van der Waals surface area contributed by atoms with E-state index in [0.717, 1.165) is 19.3 Å². The van der Waals surface area contributed by atoms with E-state index in [9.17, 15) is 9.59 Å². The molecule has 1 aliphatic rings. The second kappa shape index (κ2) is 8.34. The highest BCUT2D eigenvalue weighted by Gasteiger charge is 2.27. The number of hydrogen-bond acceptors (Lipinski definition) is 5. The summed E-state index contributed by atoms with van der Waals surface area (Å²) in [6, 6.07) is 0. The Balaban J connectivity index is 2.43. The van der Waals surface area contributed by atoms with Crippen molar-refractivity contribution in [3.63, 3.8) is 0 Å². The highest BCUT2D eigenvalue weighted by molar-refractivity contribution is 6.35. The molecule has 1 N–H and O–H groups in total. The quantitative estimate of drug-likeness (QED) is 0.445. The normalized spacial score (nSPS) is 17.3. The van der Waals surface area contributed by atoms with E-state index in [0.29, 0.717) is 19.7 Å². The number of hydrogen-bond donors (Lipinski definition) is 1. The van der Waals surface area contributed by atoms with Gasteiger partial charge in [0.15, 0.2) is 0 Å². The van der Waals surface area contributed by atoms with Gasteiger partial charge in [0.25, 0.3) is 0 Å². The van der Waals surface area contributed by atoms with Crippen molar-refractivity contribution in [2.45, 2.75) is 32.6 Å². The van der Waals surface area contributed by atoms with E-state index in [1.807, 2.05) is 0 Å². The highest BCUT2D eigenvalue weighted by atomic mass is 16.7. The zero-order valence-corrected chi connectivity index (χ0v) is 11.5. The van der Waals surface area contributed by atoms with E-state index in [4.69, 9.17) is 4.74 Å². The molecule has 1 saturated heterocycles. The van der Waals surface area contributed by atoms with Gasteiger partial charge in [0.2, 0.25) is 0 Å². The van der Waals surface area contributed by atoms with Crippen LogP contribution in [0.3, 0.4) is 0 Å². The van der Waals surface area contributed by atoms with Crippen molar-refractivity contribution in [1.29, 1.82) is 0 Å². The van der Waals surface area contributed by atoms with Gasteiger partial charge in [-0.25, -0.2) is 4.79 Å². The van der Waals surface area contributed by atoms with Gasteiger partial charge in [-0.2, -0.15) is 0 Å². The van der Waals surface area contributed by atoms with Crippen LogP contribution in [-0.2, 0) is 14.4 Å². The van der Waals surface area contributed by atoms with Gasteiger partial charge < -0.3 is 15.0 Å². The molecular formula is C12H21N3O4. The SMILES string of the molecule is CCCCCCN1CCOC(=NOC(=O)NC)C1=O. The number of nitrogens with one attached hydrogen (secondary N) is 1. The Morgan fingerprint density at radius 1 is 1.47 bits per heavy atom. The maximum Gasteiger partial charge on any atom is 0.433 e. The molecule has 1 fully saturated rings. The first-order chi connectivity index (χ1) is 9.19. The van der Waals surface area contributed by atoms with Crippen molar-refractivity contribution in [3.05, 3.63) is 0 Å². The van der Waals surface area contributed by atoms with Gasteiger partial charge in [0, 0.05) is 13.6 Å². The molecule has 2 amide bonds. The number of morpholine rings is 1. The summed E-state index contributed by atoms with van der Waals surface area (Å²) >= 11 is 0. The number of amides is 2. The third kappa shape index (κ3) is 5.15. The predicted octanol–water partition coefficient (Wildman–Crippen LogP) is 1.09. The number of nitrogens with zero attached hydrogens (tertiary/aromatic N) is 2. The maximum absolute atomic E-state index is 11.9. The second-order valence-corrected chi connectivity index (χ2v) is 4.23. The Bertz CT molecular complexity index is 344. The number of oxime groups is 1. The molecule has 0 aromatic carbocycles. The van der Waals surface area contributed by atoms with E-state index in [1.165, 1.54) is 13.5 Å². The fourth-order valence-electron chi connectivity index (χ4n) is 1.69. The van der Waals surface area contributed by atoms with E-state index in [2.05, 4.69) is 22.2 Å². The van der Waals surface area contributed by atoms with Crippen molar-refractivity contribution >= 4 is 17.9 Å². The first kappa shape index (κ1) is 15.3. The summed E-state index contributed by atoms with van der Waals surface area (Å²) in [5, 5.41) is 5.65. The maximum atomic E-state index is 11.9. The summed E-state index contributed by atoms with van der Waals surface area (Å²) in [5.41, 5.74) is 0. The molecule has 1 rings (SSSR count). The average Bonchev–Trinajstić information content (AvgIpc) is 2.43. The van der Waals surface area contributed by atoms with Crippen molar-refractivity contribution in [3.8, 4) is 0 Å². The molecule has 0 atom stereocenters. The second-order valence-electron chi connectivity index (χ2n) is 4.23. The van der Waals surface area contributed by atoms with Gasteiger partial charge >= 0.3 is 17.9 Å². The Labute approximate surface area is 112 Å². The fourth-order valence-corrected chi connectivity index (χ4v) is 1.69. The number of ether oxygens (including phenoxy) is 1. The van der Waals surface area contributed by atoms with Gasteiger partial charge in [0.1, 0.15) is 6.61 Å². The first-order valence-corrected chi connectivity index (χ1v) is 6.57. The topological polar surface area (TPSA) is 80.2 Å². The van der Waals surface area contributed by atoms with Crippen LogP contribution in [0.5, 0.6) is 0 Å². The largest absolute Gasteiger partial charge is 0.470 e. The van der Waals surface area contributed by atoms with Gasteiger partial charge in [-0.15, -0.1) is 0 Å². The molecule has 7 heteroatoms. The van der Waals surface area contributed by atoms with Gasteiger partial charge in [0.05, 0.1) is 6.54 Å². The lowest BCUT2D eigenvalue weighted by molar-refractivity contribution is -0.128. The van der Waals surface area contributed by atoms with Gasteiger partial charge in [-0.1, -0.05) is 26.2 Å². The number of rotatable bonds is 6. The lowest BCUT2D eigenvalue weighted by atomic mass is 10.2. The lowest BCUT2D eigenvalue weighted by Crippen LogP contribution is -2.45. The minimum atomic E-state index is -0.732. The third-order valence-electron chi connectivity index (χ3n) is 2.77. The summed E-state index contributed by atoms with van der Waals surface area (Å²) in [6.45, 7) is 3.74. The van der Waals surface area contributed by atoms with Crippen LogP contribution in [0.1, 0.15) is 32.6 Å². The van der Waals surface area contributed by atoms with Crippen molar-refractivity contribution in [2.24, 2.45) is 5.16 Å². The lowest BCUT2D eigenvalue weighted by Gasteiger charge is -2.27. The molecule has 0 spiro atoms. The summed E-state index contributed by atoms with van der Waals surface area (Å²) < 4.78 is 5.10. The molecule has 1 aliphatic heterocycles. The van der Waals surface area contributed by atoms with Crippen LogP contribution in [0.15, 0.2) is 5.16 Å². The van der Waals surface area contributed by atoms with Crippen molar-refractivity contribution in [2.75, 3.05) is 26.7 Å². The standard InChI is InChI=1S/C12H21N3O4/c1-3-4-5-6-7-15-8-9-18-10(11(15)16)14-19-12(17)13-2/h3-9H2,1-2H3,(H,13,17). The number of carbonyl (C=O) groups is 2. The zero-order chi connectivity index (χ0) is 14.1. The summed E-state index contributed by atoms with van der Waals surface area (Å²) in [5.74, 6) is -0.489. The fraction of sp³-hybridized carbons (Fsp3) is 0.750. The number of unbranched alkanes of at least 4 members (excludes halogenated alkanes) is 3. The first-order valence-electron chi connectivity index (χ1n) is 6.57.